The molecule has 112 valence electrons. The van der Waals surface area contributed by atoms with Crippen LogP contribution in [0.1, 0.15) is 26.7 Å². The van der Waals surface area contributed by atoms with Crippen LogP contribution in [0.3, 0.4) is 0 Å². The Morgan fingerprint density at radius 3 is 2.35 bits per heavy atom. The molecule has 0 spiro atoms. The molecule has 1 aromatic heterocycles. The molecule has 20 heavy (non-hydrogen) atoms. The second kappa shape index (κ2) is 6.74. The summed E-state index contributed by atoms with van der Waals surface area (Å²) >= 11 is 5.86. The van der Waals surface area contributed by atoms with Crippen molar-refractivity contribution < 1.29 is 5.11 Å². The maximum atomic E-state index is 10.4. The molecule has 0 aromatic carbocycles. The molecular weight excluding hydrogens is 274 g/mol. The van der Waals surface area contributed by atoms with Crippen LogP contribution in [0.15, 0.2) is 18.3 Å². The van der Waals surface area contributed by atoms with E-state index in [1.165, 1.54) is 0 Å². The molecule has 1 aliphatic heterocycles. The van der Waals surface area contributed by atoms with Crippen molar-refractivity contribution in [1.29, 1.82) is 0 Å². The number of hydrogen-bond donors (Lipinski definition) is 1. The molecule has 0 saturated carbocycles. The van der Waals surface area contributed by atoms with E-state index in [0.29, 0.717) is 5.02 Å². The van der Waals surface area contributed by atoms with Gasteiger partial charge in [0, 0.05) is 38.9 Å². The number of β-amino-alcohol motifs (C(OH)–C–C–N with tert-alkyl or cyclic N) is 1. The fourth-order valence-corrected chi connectivity index (χ4v) is 2.69. The van der Waals surface area contributed by atoms with E-state index >= 15 is 0 Å². The van der Waals surface area contributed by atoms with Crippen LogP contribution >= 0.6 is 11.6 Å². The smallest absolute Gasteiger partial charge is 0.128 e. The number of piperazine rings is 1. The highest BCUT2D eigenvalue weighted by Gasteiger charge is 2.27. The molecule has 2 heterocycles. The average molecular weight is 298 g/mol. The van der Waals surface area contributed by atoms with E-state index in [4.69, 9.17) is 11.6 Å². The Morgan fingerprint density at radius 1 is 1.20 bits per heavy atom. The second-order valence-electron chi connectivity index (χ2n) is 5.53. The molecule has 0 radical (unpaired) electrons. The SMILES string of the molecule is CCC(O)(CC)CN1CCN(c2ccc(Cl)cn2)CC1. The zero-order chi connectivity index (χ0) is 14.6. The van der Waals surface area contributed by atoms with Gasteiger partial charge in [0.05, 0.1) is 10.6 Å². The monoisotopic (exact) mass is 297 g/mol. The Morgan fingerprint density at radius 2 is 1.85 bits per heavy atom. The minimum absolute atomic E-state index is 0.541. The van der Waals surface area contributed by atoms with Crippen molar-refractivity contribution >= 4 is 17.4 Å². The second-order valence-corrected chi connectivity index (χ2v) is 5.97. The molecule has 1 aliphatic rings. The van der Waals surface area contributed by atoms with Crippen LogP contribution < -0.4 is 4.90 Å². The first kappa shape index (κ1) is 15.5. The summed E-state index contributed by atoms with van der Waals surface area (Å²) in [5.41, 5.74) is -0.541. The lowest BCUT2D eigenvalue weighted by molar-refractivity contribution is -0.00458. The minimum Gasteiger partial charge on any atom is -0.389 e. The zero-order valence-electron chi connectivity index (χ0n) is 12.3. The van der Waals surface area contributed by atoms with E-state index in [2.05, 4.69) is 28.6 Å². The number of hydrogen-bond acceptors (Lipinski definition) is 4. The lowest BCUT2D eigenvalue weighted by atomic mass is 9.96. The molecule has 1 fully saturated rings. The summed E-state index contributed by atoms with van der Waals surface area (Å²) in [6.45, 7) is 8.69. The van der Waals surface area contributed by atoms with Crippen LogP contribution in [-0.4, -0.2) is 53.3 Å². The normalized spacial score (nSPS) is 17.5. The summed E-state index contributed by atoms with van der Waals surface area (Å²) in [7, 11) is 0. The van der Waals surface area contributed by atoms with Crippen molar-refractivity contribution in [3.63, 3.8) is 0 Å². The molecule has 4 nitrogen and oxygen atoms in total. The van der Waals surface area contributed by atoms with Gasteiger partial charge in [0.2, 0.25) is 0 Å². The van der Waals surface area contributed by atoms with Crippen molar-refractivity contribution in [2.75, 3.05) is 37.6 Å². The minimum atomic E-state index is -0.541. The molecular formula is C15H24ClN3O. The topological polar surface area (TPSA) is 39.6 Å². The molecule has 1 aromatic rings. The Kier molecular flexibility index (Phi) is 5.24. The van der Waals surface area contributed by atoms with Crippen LogP contribution in [0.2, 0.25) is 5.02 Å². The molecule has 1 saturated heterocycles. The lowest BCUT2D eigenvalue weighted by Gasteiger charge is -2.39. The Labute approximate surface area is 126 Å². The standard InChI is InChI=1S/C15H24ClN3O/c1-3-15(20,4-2)12-18-7-9-19(10-8-18)14-6-5-13(16)11-17-14/h5-6,11,20H,3-4,7-10,12H2,1-2H3. The van der Waals surface area contributed by atoms with Crippen molar-refractivity contribution in [1.82, 2.24) is 9.88 Å². The zero-order valence-corrected chi connectivity index (χ0v) is 13.1. The molecule has 0 bridgehead atoms. The van der Waals surface area contributed by atoms with Gasteiger partial charge < -0.3 is 10.0 Å². The highest BCUT2D eigenvalue weighted by atomic mass is 35.5. The largest absolute Gasteiger partial charge is 0.389 e. The van der Waals surface area contributed by atoms with E-state index in [1.807, 2.05) is 12.1 Å². The van der Waals surface area contributed by atoms with E-state index in [-0.39, 0.29) is 0 Å². The Bertz CT molecular complexity index is 412. The van der Waals surface area contributed by atoms with E-state index in [1.54, 1.807) is 6.20 Å². The van der Waals surface area contributed by atoms with Crippen LogP contribution in [0.25, 0.3) is 0 Å². The van der Waals surface area contributed by atoms with Crippen LogP contribution in [0.4, 0.5) is 5.82 Å². The van der Waals surface area contributed by atoms with Gasteiger partial charge in [-0.3, -0.25) is 4.90 Å². The van der Waals surface area contributed by atoms with Gasteiger partial charge in [0.25, 0.3) is 0 Å². The van der Waals surface area contributed by atoms with Crippen LogP contribution in [0, 0.1) is 0 Å². The Hall–Kier alpha value is -0.840. The number of aliphatic hydroxyl groups is 1. The van der Waals surface area contributed by atoms with Crippen molar-refractivity contribution in [3.05, 3.63) is 23.4 Å². The third kappa shape index (κ3) is 3.84. The fourth-order valence-electron chi connectivity index (χ4n) is 2.58. The number of halogens is 1. The van der Waals surface area contributed by atoms with Crippen molar-refractivity contribution in [2.45, 2.75) is 32.3 Å². The third-order valence-corrected chi connectivity index (χ3v) is 4.47. The van der Waals surface area contributed by atoms with Gasteiger partial charge in [-0.25, -0.2) is 4.98 Å². The van der Waals surface area contributed by atoms with Gasteiger partial charge in [-0.1, -0.05) is 25.4 Å². The average Bonchev–Trinajstić information content (AvgIpc) is 2.49. The summed E-state index contributed by atoms with van der Waals surface area (Å²) in [4.78, 5) is 8.97. The first-order valence-electron chi connectivity index (χ1n) is 7.37. The summed E-state index contributed by atoms with van der Waals surface area (Å²) < 4.78 is 0. The molecule has 2 rings (SSSR count). The predicted octanol–water partition coefficient (Wildman–Crippen LogP) is 2.41. The quantitative estimate of drug-likeness (QED) is 0.906. The highest BCUT2D eigenvalue weighted by Crippen LogP contribution is 2.20. The van der Waals surface area contributed by atoms with Crippen LogP contribution in [-0.2, 0) is 0 Å². The maximum absolute atomic E-state index is 10.4. The molecule has 0 amide bonds. The fraction of sp³-hybridized carbons (Fsp3) is 0.667. The first-order valence-corrected chi connectivity index (χ1v) is 7.75. The molecule has 0 aliphatic carbocycles. The van der Waals surface area contributed by atoms with E-state index < -0.39 is 5.60 Å². The summed E-state index contributed by atoms with van der Waals surface area (Å²) in [5.74, 6) is 0.982. The predicted molar refractivity (Wildman–Crippen MR) is 83.4 cm³/mol. The van der Waals surface area contributed by atoms with Gasteiger partial charge >= 0.3 is 0 Å². The van der Waals surface area contributed by atoms with E-state index in [0.717, 1.165) is 51.4 Å². The number of rotatable bonds is 5. The van der Waals surface area contributed by atoms with Gasteiger partial charge in [-0.05, 0) is 25.0 Å². The van der Waals surface area contributed by atoms with Gasteiger partial charge in [-0.2, -0.15) is 0 Å². The summed E-state index contributed by atoms with van der Waals surface area (Å²) in [6, 6.07) is 3.84. The molecule has 0 unspecified atom stereocenters. The molecule has 5 heteroatoms. The third-order valence-electron chi connectivity index (χ3n) is 4.24. The van der Waals surface area contributed by atoms with Crippen LogP contribution in [0.5, 0.6) is 0 Å². The van der Waals surface area contributed by atoms with Gasteiger partial charge in [0.1, 0.15) is 5.82 Å². The Balaban J connectivity index is 1.87. The number of nitrogens with zero attached hydrogens (tertiary/aromatic N) is 3. The number of aromatic nitrogens is 1. The lowest BCUT2D eigenvalue weighted by Crippen LogP contribution is -2.52. The highest BCUT2D eigenvalue weighted by molar-refractivity contribution is 6.30. The van der Waals surface area contributed by atoms with Gasteiger partial charge in [0.15, 0.2) is 0 Å². The van der Waals surface area contributed by atoms with Gasteiger partial charge in [-0.15, -0.1) is 0 Å². The van der Waals surface area contributed by atoms with Crippen molar-refractivity contribution in [3.8, 4) is 0 Å². The first-order chi connectivity index (χ1) is 9.56. The number of pyridine rings is 1. The summed E-state index contributed by atoms with van der Waals surface area (Å²) in [6.07, 6.45) is 3.31. The molecule has 1 N–H and O–H groups in total. The summed E-state index contributed by atoms with van der Waals surface area (Å²) in [5, 5.41) is 11.1. The van der Waals surface area contributed by atoms with E-state index in [9.17, 15) is 5.11 Å². The molecule has 0 atom stereocenters. The van der Waals surface area contributed by atoms with Crippen molar-refractivity contribution in [2.24, 2.45) is 0 Å². The maximum Gasteiger partial charge on any atom is 0.128 e. The number of anilines is 1.